The van der Waals surface area contributed by atoms with Crippen LogP contribution in [0.1, 0.15) is 47.9 Å². The van der Waals surface area contributed by atoms with Crippen LogP contribution in [0.15, 0.2) is 30.3 Å². The van der Waals surface area contributed by atoms with Gasteiger partial charge in [-0.1, -0.05) is 38.0 Å². The van der Waals surface area contributed by atoms with E-state index in [0.29, 0.717) is 18.2 Å². The van der Waals surface area contributed by atoms with Gasteiger partial charge in [-0.05, 0) is 38.0 Å². The van der Waals surface area contributed by atoms with Crippen molar-refractivity contribution in [2.45, 2.75) is 40.0 Å². The first-order valence-corrected chi connectivity index (χ1v) is 8.06. The maximum atomic E-state index is 12.2. The molecule has 0 saturated heterocycles. The molecule has 122 valence electrons. The Bertz CT molecular complexity index is 670. The van der Waals surface area contributed by atoms with Gasteiger partial charge in [0, 0.05) is 17.9 Å². The summed E-state index contributed by atoms with van der Waals surface area (Å²) in [5, 5.41) is 6.09. The van der Waals surface area contributed by atoms with Gasteiger partial charge in [0.15, 0.2) is 0 Å². The number of amides is 1. The summed E-state index contributed by atoms with van der Waals surface area (Å²) < 4.78 is 0. The Balaban J connectivity index is 2.09. The minimum atomic E-state index is -0.153. The van der Waals surface area contributed by atoms with Crippen molar-refractivity contribution >= 4 is 17.5 Å². The van der Waals surface area contributed by atoms with Crippen molar-refractivity contribution in [1.82, 2.24) is 15.3 Å². The summed E-state index contributed by atoms with van der Waals surface area (Å²) in [5.74, 6) is 0.289. The minimum Gasteiger partial charge on any atom is -0.351 e. The van der Waals surface area contributed by atoms with Gasteiger partial charge in [0.25, 0.3) is 5.91 Å². The fourth-order valence-electron chi connectivity index (χ4n) is 2.24. The highest BCUT2D eigenvalue weighted by molar-refractivity contribution is 5.92. The molecule has 2 aromatic rings. The lowest BCUT2D eigenvalue weighted by Crippen LogP contribution is -2.26. The summed E-state index contributed by atoms with van der Waals surface area (Å²) in [6, 6.07) is 9.61. The van der Waals surface area contributed by atoms with Crippen molar-refractivity contribution in [3.05, 3.63) is 47.3 Å². The first-order valence-electron chi connectivity index (χ1n) is 8.06. The third-order valence-corrected chi connectivity index (χ3v) is 3.54. The van der Waals surface area contributed by atoms with Crippen molar-refractivity contribution in [3.63, 3.8) is 0 Å². The predicted molar refractivity (Wildman–Crippen MR) is 93.1 cm³/mol. The Morgan fingerprint density at radius 2 is 1.91 bits per heavy atom. The molecule has 0 radical (unpaired) electrons. The van der Waals surface area contributed by atoms with E-state index in [4.69, 9.17) is 0 Å². The molecule has 0 aliphatic carbocycles. The number of hydrogen-bond donors (Lipinski definition) is 2. The molecule has 1 amide bonds. The maximum Gasteiger partial charge on any atom is 0.270 e. The molecule has 1 aromatic carbocycles. The second-order valence-corrected chi connectivity index (χ2v) is 5.62. The van der Waals surface area contributed by atoms with Crippen molar-refractivity contribution in [1.29, 1.82) is 0 Å². The van der Waals surface area contributed by atoms with Crippen LogP contribution in [-0.4, -0.2) is 22.4 Å². The largest absolute Gasteiger partial charge is 0.351 e. The van der Waals surface area contributed by atoms with Crippen molar-refractivity contribution in [2.24, 2.45) is 0 Å². The van der Waals surface area contributed by atoms with Crippen LogP contribution in [-0.2, 0) is 0 Å². The Kier molecular flexibility index (Phi) is 6.09. The Hall–Kier alpha value is -2.43. The summed E-state index contributed by atoms with van der Waals surface area (Å²) in [7, 11) is 0. The zero-order valence-electron chi connectivity index (χ0n) is 14.0. The summed E-state index contributed by atoms with van der Waals surface area (Å²) >= 11 is 0. The number of hydrogen-bond acceptors (Lipinski definition) is 4. The molecule has 0 fully saturated rings. The normalized spacial score (nSPS) is 10.4. The van der Waals surface area contributed by atoms with Gasteiger partial charge >= 0.3 is 0 Å². The number of aryl methyl sites for hydroxylation is 2. The van der Waals surface area contributed by atoms with E-state index >= 15 is 0 Å². The highest BCUT2D eigenvalue weighted by Gasteiger charge is 2.10. The number of carbonyl (C=O) groups is 1. The lowest BCUT2D eigenvalue weighted by molar-refractivity contribution is 0.0948. The summed E-state index contributed by atoms with van der Waals surface area (Å²) in [5.41, 5.74) is 3.19. The number of anilines is 2. The molecule has 0 bridgehead atoms. The molecule has 1 aromatic heterocycles. The molecule has 0 aliphatic heterocycles. The SMILES string of the molecule is CCCCCNC(=O)c1cc(C)nc(Nc2ccccc2C)n1. The second-order valence-electron chi connectivity index (χ2n) is 5.62. The fourth-order valence-corrected chi connectivity index (χ4v) is 2.24. The minimum absolute atomic E-state index is 0.153. The topological polar surface area (TPSA) is 66.9 Å². The van der Waals surface area contributed by atoms with E-state index in [1.165, 1.54) is 0 Å². The maximum absolute atomic E-state index is 12.2. The van der Waals surface area contributed by atoms with Crippen molar-refractivity contribution in [2.75, 3.05) is 11.9 Å². The van der Waals surface area contributed by atoms with Crippen LogP contribution < -0.4 is 10.6 Å². The molecule has 0 unspecified atom stereocenters. The molecule has 23 heavy (non-hydrogen) atoms. The van der Waals surface area contributed by atoms with Crippen LogP contribution in [0.25, 0.3) is 0 Å². The molecule has 0 spiro atoms. The van der Waals surface area contributed by atoms with E-state index in [0.717, 1.165) is 36.2 Å². The van der Waals surface area contributed by atoms with Gasteiger partial charge in [-0.2, -0.15) is 0 Å². The summed E-state index contributed by atoms with van der Waals surface area (Å²) in [6.07, 6.45) is 3.23. The molecule has 5 heteroatoms. The van der Waals surface area contributed by atoms with Gasteiger partial charge < -0.3 is 10.6 Å². The first kappa shape index (κ1) is 16.9. The number of benzene rings is 1. The van der Waals surface area contributed by atoms with Crippen LogP contribution in [0.3, 0.4) is 0 Å². The first-order chi connectivity index (χ1) is 11.1. The zero-order valence-corrected chi connectivity index (χ0v) is 14.0. The van der Waals surface area contributed by atoms with Crippen LogP contribution in [0.2, 0.25) is 0 Å². The Morgan fingerprint density at radius 3 is 2.65 bits per heavy atom. The number of aromatic nitrogens is 2. The van der Waals surface area contributed by atoms with E-state index in [2.05, 4.69) is 27.5 Å². The zero-order chi connectivity index (χ0) is 16.7. The highest BCUT2D eigenvalue weighted by Crippen LogP contribution is 2.18. The molecule has 0 aliphatic rings. The predicted octanol–water partition coefficient (Wildman–Crippen LogP) is 3.76. The lowest BCUT2D eigenvalue weighted by atomic mass is 10.2. The molecule has 5 nitrogen and oxygen atoms in total. The average molecular weight is 312 g/mol. The van der Waals surface area contributed by atoms with Crippen LogP contribution in [0.4, 0.5) is 11.6 Å². The van der Waals surface area contributed by atoms with Crippen molar-refractivity contribution < 1.29 is 4.79 Å². The molecule has 0 saturated carbocycles. The summed E-state index contributed by atoms with van der Waals surface area (Å²) in [6.45, 7) is 6.69. The van der Waals surface area contributed by atoms with Gasteiger partial charge in [0.2, 0.25) is 5.95 Å². The number of rotatable bonds is 7. The highest BCUT2D eigenvalue weighted by atomic mass is 16.1. The number of carbonyl (C=O) groups excluding carboxylic acids is 1. The molecule has 2 rings (SSSR count). The van der Waals surface area contributed by atoms with Gasteiger partial charge in [-0.25, -0.2) is 9.97 Å². The molecule has 2 N–H and O–H groups in total. The molecular weight excluding hydrogens is 288 g/mol. The number of unbranched alkanes of at least 4 members (excludes halogenated alkanes) is 2. The van der Waals surface area contributed by atoms with E-state index < -0.39 is 0 Å². The number of nitrogens with zero attached hydrogens (tertiary/aromatic N) is 2. The van der Waals surface area contributed by atoms with Gasteiger partial charge in [0.05, 0.1) is 0 Å². The third kappa shape index (κ3) is 5.06. The van der Waals surface area contributed by atoms with Crippen molar-refractivity contribution in [3.8, 4) is 0 Å². The standard InChI is InChI=1S/C18H24N4O/c1-4-5-8-11-19-17(23)16-12-14(3)20-18(22-16)21-15-10-7-6-9-13(15)2/h6-7,9-10,12H,4-5,8,11H2,1-3H3,(H,19,23)(H,20,21,22). The van der Waals surface area contributed by atoms with Gasteiger partial charge in [-0.3, -0.25) is 4.79 Å². The smallest absolute Gasteiger partial charge is 0.270 e. The molecule has 1 heterocycles. The van der Waals surface area contributed by atoms with Gasteiger partial charge in [0.1, 0.15) is 5.69 Å². The average Bonchev–Trinajstić information content (AvgIpc) is 2.53. The second kappa shape index (κ2) is 8.27. The fraction of sp³-hybridized carbons (Fsp3) is 0.389. The van der Waals surface area contributed by atoms with E-state index in [1.807, 2.05) is 38.1 Å². The third-order valence-electron chi connectivity index (χ3n) is 3.54. The monoisotopic (exact) mass is 312 g/mol. The Morgan fingerprint density at radius 1 is 1.13 bits per heavy atom. The number of nitrogens with one attached hydrogen (secondary N) is 2. The van der Waals surface area contributed by atoms with Crippen LogP contribution in [0.5, 0.6) is 0 Å². The van der Waals surface area contributed by atoms with Gasteiger partial charge in [-0.15, -0.1) is 0 Å². The van der Waals surface area contributed by atoms with E-state index in [-0.39, 0.29) is 5.91 Å². The summed E-state index contributed by atoms with van der Waals surface area (Å²) in [4.78, 5) is 20.9. The molecule has 0 atom stereocenters. The molecular formula is C18H24N4O. The van der Waals surface area contributed by atoms with E-state index in [1.54, 1.807) is 6.07 Å². The lowest BCUT2D eigenvalue weighted by Gasteiger charge is -2.10. The number of para-hydroxylation sites is 1. The Labute approximate surface area is 137 Å². The van der Waals surface area contributed by atoms with E-state index in [9.17, 15) is 4.79 Å². The van der Waals surface area contributed by atoms with Crippen LogP contribution >= 0.6 is 0 Å². The quantitative estimate of drug-likeness (QED) is 0.764. The van der Waals surface area contributed by atoms with Crippen LogP contribution in [0, 0.1) is 13.8 Å².